The summed E-state index contributed by atoms with van der Waals surface area (Å²) in [6.45, 7) is 4.61. The zero-order valence-electron chi connectivity index (χ0n) is 19.0. The maximum absolute atomic E-state index is 2.64. The number of rotatable bonds is 14. The van der Waals surface area contributed by atoms with Crippen LogP contribution in [0.5, 0.6) is 0 Å². The largest absolute Gasteiger partial charge is 0.0739 e. The van der Waals surface area contributed by atoms with Gasteiger partial charge in [-0.05, 0) is 40.5 Å². The molecule has 0 spiro atoms. The van der Waals surface area contributed by atoms with Gasteiger partial charge in [0.1, 0.15) is 0 Å². The Morgan fingerprint density at radius 3 is 1.93 bits per heavy atom. The van der Waals surface area contributed by atoms with Gasteiger partial charge in [-0.15, -0.1) is 0 Å². The molecule has 158 valence electrons. The van der Waals surface area contributed by atoms with E-state index in [0.717, 1.165) is 0 Å². The number of hydrogen-bond acceptors (Lipinski definition) is 0. The van der Waals surface area contributed by atoms with E-state index in [-0.39, 0.29) is 5.41 Å². The number of hydrogen-bond donors (Lipinski definition) is 0. The number of fused-ring (bicyclic) bond motifs is 2. The summed E-state index contributed by atoms with van der Waals surface area (Å²) in [7, 11) is 0. The normalized spacial score (nSPS) is 16.3. The van der Waals surface area contributed by atoms with Crippen molar-refractivity contribution in [2.45, 2.75) is 104 Å². The fourth-order valence-corrected chi connectivity index (χ4v) is 5.09. The van der Waals surface area contributed by atoms with Crippen molar-refractivity contribution in [3.8, 4) is 0 Å². The molecule has 0 radical (unpaired) electrons. The third-order valence-electron chi connectivity index (χ3n) is 6.89. The van der Waals surface area contributed by atoms with Gasteiger partial charge in [0.2, 0.25) is 0 Å². The van der Waals surface area contributed by atoms with Crippen LogP contribution >= 0.6 is 0 Å². The van der Waals surface area contributed by atoms with Crippen LogP contribution in [0.4, 0.5) is 0 Å². The second-order valence-electron chi connectivity index (χ2n) is 9.35. The van der Waals surface area contributed by atoms with Crippen molar-refractivity contribution in [2.24, 2.45) is 5.41 Å². The second kappa shape index (κ2) is 11.6. The molecular formula is C29H42. The third-order valence-corrected chi connectivity index (χ3v) is 6.89. The molecule has 0 N–H and O–H groups in total. The molecule has 2 aliphatic rings. The standard InChI is InChI=1S/C29H42/c1-3-5-7-9-11-15-20-29(21-16-12-10-8-6-4-2)22-19-28-26(24-29)23-25-17-13-14-18-27(25)28/h13-14,17-19,22-24H,3-12,15-16,20-21H2,1-2H3. The predicted octanol–water partition coefficient (Wildman–Crippen LogP) is 7.62. The molecule has 0 heterocycles. The number of allylic oxidation sites excluding steroid dienone is 4. The molecule has 0 atom stereocenters. The van der Waals surface area contributed by atoms with E-state index in [1.807, 2.05) is 0 Å². The molecule has 1 aromatic rings. The van der Waals surface area contributed by atoms with E-state index in [1.165, 1.54) is 111 Å². The van der Waals surface area contributed by atoms with Crippen LogP contribution in [0.1, 0.15) is 104 Å². The van der Waals surface area contributed by atoms with E-state index in [1.54, 1.807) is 0 Å². The molecule has 0 fully saturated rings. The van der Waals surface area contributed by atoms with Crippen LogP contribution in [0, 0.1) is 5.41 Å². The minimum Gasteiger partial charge on any atom is -0.0739 e. The summed E-state index contributed by atoms with van der Waals surface area (Å²) in [5.41, 5.74) is 3.21. The van der Waals surface area contributed by atoms with Gasteiger partial charge < -0.3 is 0 Å². The highest BCUT2D eigenvalue weighted by Crippen LogP contribution is 2.41. The highest BCUT2D eigenvalue weighted by Gasteiger charge is 2.28. The van der Waals surface area contributed by atoms with Crippen molar-refractivity contribution in [1.29, 1.82) is 0 Å². The van der Waals surface area contributed by atoms with E-state index in [0.29, 0.717) is 0 Å². The zero-order valence-corrected chi connectivity index (χ0v) is 19.0. The lowest BCUT2D eigenvalue weighted by atomic mass is 9.73. The highest BCUT2D eigenvalue weighted by atomic mass is 14.3. The molecule has 0 aromatic heterocycles. The molecule has 0 unspecified atom stereocenters. The Balaban J connectivity index is 1.65. The zero-order chi connectivity index (χ0) is 20.4. The van der Waals surface area contributed by atoms with Gasteiger partial charge in [0.25, 0.3) is 0 Å². The lowest BCUT2D eigenvalue weighted by Crippen LogP contribution is -2.22. The van der Waals surface area contributed by atoms with Crippen molar-refractivity contribution < 1.29 is 0 Å². The van der Waals surface area contributed by atoms with Crippen molar-refractivity contribution >= 4 is 11.6 Å². The van der Waals surface area contributed by atoms with Gasteiger partial charge in [-0.25, -0.2) is 0 Å². The quantitative estimate of drug-likeness (QED) is 0.287. The fraction of sp³-hybridized carbons (Fsp3) is 0.586. The smallest absolute Gasteiger partial charge is 0.00734 e. The van der Waals surface area contributed by atoms with Crippen molar-refractivity contribution in [3.63, 3.8) is 0 Å². The van der Waals surface area contributed by atoms with Gasteiger partial charge in [0, 0.05) is 5.41 Å². The van der Waals surface area contributed by atoms with Crippen molar-refractivity contribution in [1.82, 2.24) is 0 Å². The summed E-state index contributed by atoms with van der Waals surface area (Å²) < 4.78 is 0. The average Bonchev–Trinajstić information content (AvgIpc) is 3.10. The molecule has 0 heteroatoms. The molecule has 3 rings (SSSR count). The molecule has 0 saturated carbocycles. The Kier molecular flexibility index (Phi) is 8.84. The van der Waals surface area contributed by atoms with Gasteiger partial charge >= 0.3 is 0 Å². The first-order chi connectivity index (χ1) is 14.3. The van der Waals surface area contributed by atoms with Crippen LogP contribution in [-0.4, -0.2) is 0 Å². The van der Waals surface area contributed by atoms with Crippen LogP contribution in [0.3, 0.4) is 0 Å². The summed E-state index contributed by atoms with van der Waals surface area (Å²) in [5.74, 6) is 0. The molecule has 0 bridgehead atoms. The van der Waals surface area contributed by atoms with Crippen LogP contribution in [0.2, 0.25) is 0 Å². The Hall–Kier alpha value is -1.56. The second-order valence-corrected chi connectivity index (χ2v) is 9.35. The van der Waals surface area contributed by atoms with Crippen molar-refractivity contribution in [2.75, 3.05) is 0 Å². The maximum Gasteiger partial charge on any atom is 0.00734 e. The molecule has 1 aromatic carbocycles. The summed E-state index contributed by atoms with van der Waals surface area (Å²) in [5, 5.41) is 2.82. The lowest BCUT2D eigenvalue weighted by molar-refractivity contribution is 0.369. The molecule has 0 aliphatic heterocycles. The first kappa shape index (κ1) is 22.1. The van der Waals surface area contributed by atoms with E-state index >= 15 is 0 Å². The van der Waals surface area contributed by atoms with E-state index in [9.17, 15) is 0 Å². The van der Waals surface area contributed by atoms with E-state index < -0.39 is 0 Å². The van der Waals surface area contributed by atoms with Crippen LogP contribution in [-0.2, 0) is 0 Å². The first-order valence-electron chi connectivity index (χ1n) is 12.5. The SMILES string of the molecule is CCCCCCCCC1(CCCCCCCC)C=CC2=c3ccccc3=CC2=C1. The number of unbranched alkanes of at least 4 members (excludes halogenated alkanes) is 10. The highest BCUT2D eigenvalue weighted by molar-refractivity contribution is 5.88. The molecular weight excluding hydrogens is 348 g/mol. The topological polar surface area (TPSA) is 0 Å². The number of benzene rings is 1. The monoisotopic (exact) mass is 390 g/mol. The lowest BCUT2D eigenvalue weighted by Gasteiger charge is -2.31. The molecule has 0 saturated heterocycles. The summed E-state index contributed by atoms with van der Waals surface area (Å²) >= 11 is 0. The van der Waals surface area contributed by atoms with Crippen molar-refractivity contribution in [3.05, 3.63) is 58.5 Å². The molecule has 0 nitrogen and oxygen atoms in total. The predicted molar refractivity (Wildman–Crippen MR) is 129 cm³/mol. The fourth-order valence-electron chi connectivity index (χ4n) is 5.09. The Bertz CT molecular complexity index is 789. The molecule has 0 amide bonds. The third kappa shape index (κ3) is 6.21. The van der Waals surface area contributed by atoms with Gasteiger partial charge in [0.05, 0.1) is 0 Å². The minimum atomic E-state index is 0.285. The average molecular weight is 391 g/mol. The van der Waals surface area contributed by atoms with Gasteiger partial charge in [0.15, 0.2) is 0 Å². The Labute approximate surface area is 179 Å². The Morgan fingerprint density at radius 2 is 1.28 bits per heavy atom. The summed E-state index contributed by atoms with van der Waals surface area (Å²) in [4.78, 5) is 0. The van der Waals surface area contributed by atoms with Gasteiger partial charge in [-0.2, -0.15) is 0 Å². The van der Waals surface area contributed by atoms with Crippen LogP contribution < -0.4 is 10.4 Å². The van der Waals surface area contributed by atoms with Crippen LogP contribution in [0.15, 0.2) is 48.1 Å². The van der Waals surface area contributed by atoms with E-state index in [4.69, 9.17) is 0 Å². The van der Waals surface area contributed by atoms with E-state index in [2.05, 4.69) is 62.4 Å². The van der Waals surface area contributed by atoms with Gasteiger partial charge in [-0.1, -0.05) is 133 Å². The first-order valence-corrected chi connectivity index (χ1v) is 12.5. The minimum absolute atomic E-state index is 0.285. The Morgan fingerprint density at radius 1 is 0.690 bits per heavy atom. The molecule has 2 aliphatic carbocycles. The van der Waals surface area contributed by atoms with Crippen LogP contribution in [0.25, 0.3) is 11.6 Å². The molecule has 29 heavy (non-hydrogen) atoms. The van der Waals surface area contributed by atoms with Gasteiger partial charge in [-0.3, -0.25) is 0 Å². The summed E-state index contributed by atoms with van der Waals surface area (Å²) in [6, 6.07) is 8.88. The maximum atomic E-state index is 2.64. The summed E-state index contributed by atoms with van der Waals surface area (Å²) in [6.07, 6.45) is 29.4.